The molecular weight excluding hydrogens is 348 g/mol. The lowest BCUT2D eigenvalue weighted by atomic mass is 10.0. The Balaban J connectivity index is 2.34. The van der Waals surface area contributed by atoms with E-state index in [4.69, 9.17) is 16.7 Å². The lowest BCUT2D eigenvalue weighted by Gasteiger charge is -2.07. The quantitative estimate of drug-likeness (QED) is 0.767. The first-order chi connectivity index (χ1) is 11.4. The van der Waals surface area contributed by atoms with Gasteiger partial charge in [-0.05, 0) is 36.6 Å². The average molecular weight is 363 g/mol. The molecule has 124 valence electrons. The zero-order valence-corrected chi connectivity index (χ0v) is 14.7. The molecule has 1 aromatic carbocycles. The highest BCUT2D eigenvalue weighted by Gasteiger charge is 2.19. The van der Waals surface area contributed by atoms with Crippen LogP contribution in [0.5, 0.6) is 0 Å². The van der Waals surface area contributed by atoms with Crippen molar-refractivity contribution < 1.29 is 9.90 Å². The molecule has 0 saturated carbocycles. The zero-order valence-electron chi connectivity index (χ0n) is 13.2. The van der Waals surface area contributed by atoms with Crippen molar-refractivity contribution in [3.05, 3.63) is 50.3 Å². The summed E-state index contributed by atoms with van der Waals surface area (Å²) >= 11 is 7.57. The first-order valence-corrected chi connectivity index (χ1v) is 8.61. The third-order valence-electron chi connectivity index (χ3n) is 3.83. The van der Waals surface area contributed by atoms with Crippen LogP contribution in [0.25, 0.3) is 21.3 Å². The maximum absolute atomic E-state index is 12.8. The summed E-state index contributed by atoms with van der Waals surface area (Å²) in [5.74, 6) is -1.08. The van der Waals surface area contributed by atoms with E-state index in [2.05, 4.69) is 4.98 Å². The fourth-order valence-electron chi connectivity index (χ4n) is 2.69. The number of rotatable bonds is 4. The molecule has 7 heteroatoms. The number of benzene rings is 1. The summed E-state index contributed by atoms with van der Waals surface area (Å²) in [6.45, 7) is 3.53. The summed E-state index contributed by atoms with van der Waals surface area (Å²) < 4.78 is 1.13. The molecule has 24 heavy (non-hydrogen) atoms. The van der Waals surface area contributed by atoms with Gasteiger partial charge in [0.15, 0.2) is 0 Å². The van der Waals surface area contributed by atoms with E-state index >= 15 is 0 Å². The number of aryl methyl sites for hydroxylation is 2. The minimum absolute atomic E-state index is 0.332. The van der Waals surface area contributed by atoms with Gasteiger partial charge in [0, 0.05) is 15.5 Å². The largest absolute Gasteiger partial charge is 0.480 e. The van der Waals surface area contributed by atoms with E-state index in [-0.39, 0.29) is 5.56 Å². The second kappa shape index (κ2) is 6.37. The van der Waals surface area contributed by atoms with Crippen LogP contribution >= 0.6 is 22.9 Å². The van der Waals surface area contributed by atoms with Crippen LogP contribution in [0, 0.1) is 6.92 Å². The summed E-state index contributed by atoms with van der Waals surface area (Å²) in [6, 6.07) is 5.63. The first-order valence-electron chi connectivity index (χ1n) is 7.41. The van der Waals surface area contributed by atoms with E-state index in [1.807, 2.05) is 26.0 Å². The molecule has 0 aliphatic carbocycles. The number of halogens is 1. The van der Waals surface area contributed by atoms with Crippen LogP contribution in [-0.2, 0) is 17.8 Å². The van der Waals surface area contributed by atoms with E-state index in [9.17, 15) is 9.59 Å². The van der Waals surface area contributed by atoms with E-state index in [0.29, 0.717) is 15.2 Å². The maximum Gasteiger partial charge on any atom is 0.323 e. The van der Waals surface area contributed by atoms with E-state index < -0.39 is 12.5 Å². The highest BCUT2D eigenvalue weighted by atomic mass is 35.5. The van der Waals surface area contributed by atoms with Gasteiger partial charge >= 0.3 is 5.97 Å². The molecular formula is C17H15ClN2O3S. The normalized spacial score (nSPS) is 11.1. The predicted molar refractivity (Wildman–Crippen MR) is 96.1 cm³/mol. The van der Waals surface area contributed by atoms with Crippen molar-refractivity contribution >= 4 is 39.1 Å². The first kappa shape index (κ1) is 16.7. The van der Waals surface area contributed by atoms with Crippen molar-refractivity contribution in [2.24, 2.45) is 0 Å². The molecule has 0 atom stereocenters. The summed E-state index contributed by atoms with van der Waals surface area (Å²) in [7, 11) is 0. The molecule has 5 nitrogen and oxygen atoms in total. The molecule has 2 aromatic heterocycles. The number of carbonyl (C=O) groups is 1. The van der Waals surface area contributed by atoms with Gasteiger partial charge in [-0.15, -0.1) is 11.3 Å². The number of aromatic nitrogens is 2. The second-order valence-corrected chi connectivity index (χ2v) is 6.96. The summed E-state index contributed by atoms with van der Waals surface area (Å²) in [5, 5.41) is 10.1. The Bertz CT molecular complexity index is 1010. The number of hydrogen-bond acceptors (Lipinski definition) is 4. The van der Waals surface area contributed by atoms with Gasteiger partial charge < -0.3 is 5.11 Å². The molecule has 0 radical (unpaired) electrons. The van der Waals surface area contributed by atoms with Crippen LogP contribution in [0.2, 0.25) is 5.02 Å². The van der Waals surface area contributed by atoms with E-state index in [1.54, 1.807) is 6.07 Å². The molecule has 0 fully saturated rings. The Morgan fingerprint density at radius 2 is 2.17 bits per heavy atom. The Labute approximate surface area is 147 Å². The third-order valence-corrected chi connectivity index (χ3v) is 5.49. The molecule has 0 aliphatic rings. The highest BCUT2D eigenvalue weighted by Crippen LogP contribution is 2.37. The number of aliphatic carboxylic acids is 1. The Hall–Kier alpha value is -2.18. The number of fused-ring (bicyclic) bond motifs is 1. The van der Waals surface area contributed by atoms with Gasteiger partial charge in [0.2, 0.25) is 0 Å². The minimum atomic E-state index is -1.08. The Kier molecular flexibility index (Phi) is 4.43. The van der Waals surface area contributed by atoms with Gasteiger partial charge in [-0.2, -0.15) is 0 Å². The van der Waals surface area contributed by atoms with Gasteiger partial charge in [-0.1, -0.05) is 24.6 Å². The van der Waals surface area contributed by atoms with Gasteiger partial charge in [0.1, 0.15) is 11.4 Å². The van der Waals surface area contributed by atoms with Gasteiger partial charge in [-0.3, -0.25) is 14.2 Å². The van der Waals surface area contributed by atoms with Crippen LogP contribution in [0.4, 0.5) is 0 Å². The molecule has 1 N–H and O–H groups in total. The van der Waals surface area contributed by atoms with Crippen molar-refractivity contribution in [1.82, 2.24) is 9.55 Å². The lowest BCUT2D eigenvalue weighted by Crippen LogP contribution is -2.24. The minimum Gasteiger partial charge on any atom is -0.480 e. The molecule has 3 aromatic rings. The maximum atomic E-state index is 12.8. The van der Waals surface area contributed by atoms with Crippen molar-refractivity contribution in [2.45, 2.75) is 26.8 Å². The number of carboxylic acid groups (broad SMARTS) is 1. The molecule has 2 heterocycles. The number of nitrogens with zero attached hydrogens (tertiary/aromatic N) is 2. The lowest BCUT2D eigenvalue weighted by molar-refractivity contribution is -0.137. The topological polar surface area (TPSA) is 72.2 Å². The van der Waals surface area contributed by atoms with Crippen LogP contribution in [0.3, 0.4) is 0 Å². The van der Waals surface area contributed by atoms with Crippen molar-refractivity contribution in [3.63, 3.8) is 0 Å². The number of hydrogen-bond donors (Lipinski definition) is 1. The monoisotopic (exact) mass is 362 g/mol. The number of carboxylic acids is 1. The molecule has 3 rings (SSSR count). The van der Waals surface area contributed by atoms with Crippen LogP contribution in [-0.4, -0.2) is 20.6 Å². The SMILES string of the molecule is CCc1sc2ncn(CC(=O)O)c(=O)c2c1-c1ccc(Cl)c(C)c1. The summed E-state index contributed by atoms with van der Waals surface area (Å²) in [4.78, 5) is 29.7. The van der Waals surface area contributed by atoms with Gasteiger partial charge in [0.05, 0.1) is 11.7 Å². The zero-order chi connectivity index (χ0) is 17.4. The third kappa shape index (κ3) is 2.83. The van der Waals surface area contributed by atoms with E-state index in [1.165, 1.54) is 17.7 Å². The Morgan fingerprint density at radius 3 is 2.79 bits per heavy atom. The molecule has 0 aliphatic heterocycles. The fraction of sp³-hybridized carbons (Fsp3) is 0.235. The van der Waals surface area contributed by atoms with Crippen LogP contribution < -0.4 is 5.56 Å². The van der Waals surface area contributed by atoms with Crippen molar-refractivity contribution in [3.8, 4) is 11.1 Å². The standard InChI is InChI=1S/C17H15ClN2O3S/c1-3-12-14(10-4-5-11(18)9(2)6-10)15-16(24-12)19-8-20(17(15)23)7-13(21)22/h4-6,8H,3,7H2,1-2H3,(H,21,22). The van der Waals surface area contributed by atoms with Gasteiger partial charge in [-0.25, -0.2) is 4.98 Å². The van der Waals surface area contributed by atoms with Gasteiger partial charge in [0.25, 0.3) is 5.56 Å². The summed E-state index contributed by atoms with van der Waals surface area (Å²) in [6.07, 6.45) is 2.06. The Morgan fingerprint density at radius 1 is 1.42 bits per heavy atom. The second-order valence-electron chi connectivity index (χ2n) is 5.47. The van der Waals surface area contributed by atoms with Crippen molar-refractivity contribution in [2.75, 3.05) is 0 Å². The smallest absolute Gasteiger partial charge is 0.323 e. The van der Waals surface area contributed by atoms with Crippen molar-refractivity contribution in [1.29, 1.82) is 0 Å². The number of thiophene rings is 1. The fourth-order valence-corrected chi connectivity index (χ4v) is 3.89. The van der Waals surface area contributed by atoms with E-state index in [0.717, 1.165) is 32.6 Å². The average Bonchev–Trinajstić information content (AvgIpc) is 2.92. The highest BCUT2D eigenvalue weighted by molar-refractivity contribution is 7.19. The molecule has 0 spiro atoms. The molecule has 0 unspecified atom stereocenters. The molecule has 0 bridgehead atoms. The van der Waals surface area contributed by atoms with Crippen LogP contribution in [0.1, 0.15) is 17.4 Å². The summed E-state index contributed by atoms with van der Waals surface area (Å²) in [5.41, 5.74) is 2.31. The predicted octanol–water partition coefficient (Wildman–Crippen LogP) is 3.73. The van der Waals surface area contributed by atoms with Crippen LogP contribution in [0.15, 0.2) is 29.3 Å². The molecule has 0 saturated heterocycles. The molecule has 0 amide bonds.